The summed E-state index contributed by atoms with van der Waals surface area (Å²) >= 11 is 7.99. The second kappa shape index (κ2) is 4.47. The van der Waals surface area contributed by atoms with Crippen molar-refractivity contribution in [1.82, 2.24) is 4.98 Å². The smallest absolute Gasteiger partial charge is 0.134 e. The van der Waals surface area contributed by atoms with Gasteiger partial charge in [0.05, 0.1) is 25.9 Å². The van der Waals surface area contributed by atoms with Crippen LogP contribution in [0, 0.1) is 0 Å². The lowest BCUT2D eigenvalue weighted by Gasteiger charge is -1.89. The Kier molecular flexibility index (Phi) is 2.82. The maximum absolute atomic E-state index is 4.61. The zero-order chi connectivity index (χ0) is 11.7. The van der Waals surface area contributed by atoms with Crippen molar-refractivity contribution >= 4 is 56.0 Å². The topological polar surface area (TPSA) is 25.2 Å². The molecule has 0 aliphatic carbocycles. The number of benzene rings is 1. The number of fused-ring (bicyclic) bond motifs is 1. The summed E-state index contributed by atoms with van der Waals surface area (Å²) in [6, 6.07) is 10.0. The van der Waals surface area contributed by atoms with E-state index in [4.69, 9.17) is 0 Å². The molecule has 17 heavy (non-hydrogen) atoms. The highest BCUT2D eigenvalue weighted by Gasteiger charge is 2.07. The molecule has 3 rings (SSSR count). The molecule has 0 fully saturated rings. The van der Waals surface area contributed by atoms with E-state index < -0.39 is 0 Å². The zero-order valence-electron chi connectivity index (χ0n) is 8.58. The molecule has 82 valence electrons. The van der Waals surface area contributed by atoms with Crippen molar-refractivity contribution in [1.29, 1.82) is 0 Å². The van der Waals surface area contributed by atoms with Gasteiger partial charge in [0.1, 0.15) is 5.01 Å². The molecule has 0 spiro atoms. The van der Waals surface area contributed by atoms with Gasteiger partial charge in [-0.2, -0.15) is 4.99 Å². The predicted molar refractivity (Wildman–Crippen MR) is 77.6 cm³/mol. The predicted octanol–water partition coefficient (Wildman–Crippen LogP) is 4.76. The summed E-state index contributed by atoms with van der Waals surface area (Å²) in [5.41, 5.74) is 1.76. The lowest BCUT2D eigenvalue weighted by atomic mass is 10.3. The molecule has 0 unspecified atom stereocenters. The molecule has 5 heteroatoms. The molecule has 0 aliphatic rings. The number of hydrogen-bond donors (Lipinski definition) is 0. The lowest BCUT2D eigenvalue weighted by molar-refractivity contribution is 1.48. The quantitative estimate of drug-likeness (QED) is 0.497. The second-order valence-corrected chi connectivity index (χ2v) is 5.51. The number of hydrogen-bond acceptors (Lipinski definition) is 5. The summed E-state index contributed by atoms with van der Waals surface area (Å²) < 4.78 is 1.16. The van der Waals surface area contributed by atoms with E-state index in [1.807, 2.05) is 24.3 Å². The van der Waals surface area contributed by atoms with Crippen molar-refractivity contribution in [3.8, 4) is 9.88 Å². The third-order valence-corrected chi connectivity index (χ3v) is 4.44. The van der Waals surface area contributed by atoms with Gasteiger partial charge in [0.15, 0.2) is 0 Å². The van der Waals surface area contributed by atoms with Gasteiger partial charge in [-0.3, -0.25) is 0 Å². The molecular weight excluding hydrogens is 268 g/mol. The van der Waals surface area contributed by atoms with E-state index in [2.05, 4.69) is 38.8 Å². The number of thiocarbonyl (C=S) groups is 1. The minimum Gasteiger partial charge on any atom is -0.235 e. The normalized spacial score (nSPS) is 10.4. The monoisotopic (exact) mass is 274 g/mol. The van der Waals surface area contributed by atoms with Gasteiger partial charge < -0.3 is 0 Å². The number of thiophene rings is 1. The van der Waals surface area contributed by atoms with Crippen LogP contribution in [-0.2, 0) is 0 Å². The molecule has 0 amide bonds. The van der Waals surface area contributed by atoms with Gasteiger partial charge >= 0.3 is 0 Å². The largest absolute Gasteiger partial charge is 0.235 e. The first-order chi connectivity index (χ1) is 8.36. The standard InChI is InChI=1S/C12H6N2S3/c15-7-13-8-3-4-10-9(6-8)14-12(17-10)11-2-1-5-16-11/h1-6H. The number of thiazole rings is 1. The van der Waals surface area contributed by atoms with Gasteiger partial charge in [0.2, 0.25) is 0 Å². The van der Waals surface area contributed by atoms with Crippen LogP contribution >= 0.6 is 34.9 Å². The van der Waals surface area contributed by atoms with Crippen molar-refractivity contribution in [2.45, 2.75) is 0 Å². The number of aromatic nitrogens is 1. The fraction of sp³-hybridized carbons (Fsp3) is 0. The minimum atomic E-state index is 0.801. The summed E-state index contributed by atoms with van der Waals surface area (Å²) in [5.74, 6) is 0. The molecular formula is C12H6N2S3. The fourth-order valence-electron chi connectivity index (χ4n) is 1.54. The third-order valence-electron chi connectivity index (χ3n) is 2.28. The van der Waals surface area contributed by atoms with E-state index >= 15 is 0 Å². The Morgan fingerprint density at radius 3 is 3.00 bits per heavy atom. The van der Waals surface area contributed by atoms with Crippen LogP contribution < -0.4 is 0 Å². The molecule has 0 saturated heterocycles. The number of aliphatic imine (C=N–C) groups is 1. The maximum atomic E-state index is 4.61. The van der Waals surface area contributed by atoms with Crippen molar-refractivity contribution in [3.05, 3.63) is 35.7 Å². The first kappa shape index (κ1) is 10.7. The van der Waals surface area contributed by atoms with Gasteiger partial charge in [-0.05, 0) is 41.9 Å². The molecule has 0 saturated carbocycles. The van der Waals surface area contributed by atoms with E-state index in [1.54, 1.807) is 22.7 Å². The van der Waals surface area contributed by atoms with E-state index in [0.29, 0.717) is 0 Å². The molecule has 2 nitrogen and oxygen atoms in total. The highest BCUT2D eigenvalue weighted by Crippen LogP contribution is 2.34. The number of isothiocyanates is 1. The van der Waals surface area contributed by atoms with Gasteiger partial charge in [-0.1, -0.05) is 6.07 Å². The number of nitrogens with zero attached hydrogens (tertiary/aromatic N) is 2. The molecule has 3 aromatic rings. The van der Waals surface area contributed by atoms with Crippen LogP contribution in [-0.4, -0.2) is 10.1 Å². The Morgan fingerprint density at radius 2 is 2.24 bits per heavy atom. The van der Waals surface area contributed by atoms with E-state index in [-0.39, 0.29) is 0 Å². The molecule has 0 atom stereocenters. The highest BCUT2D eigenvalue weighted by atomic mass is 32.1. The molecule has 1 aromatic carbocycles. The van der Waals surface area contributed by atoms with Gasteiger partial charge in [-0.15, -0.1) is 22.7 Å². The summed E-state index contributed by atoms with van der Waals surface area (Å²) in [6.07, 6.45) is 0. The average Bonchev–Trinajstić information content (AvgIpc) is 2.97. The molecule has 0 N–H and O–H groups in total. The van der Waals surface area contributed by atoms with Crippen LogP contribution in [0.3, 0.4) is 0 Å². The summed E-state index contributed by atoms with van der Waals surface area (Å²) in [7, 11) is 0. The zero-order valence-corrected chi connectivity index (χ0v) is 11.0. The van der Waals surface area contributed by atoms with Crippen LogP contribution in [0.4, 0.5) is 5.69 Å². The van der Waals surface area contributed by atoms with Crippen LogP contribution in [0.1, 0.15) is 0 Å². The van der Waals surface area contributed by atoms with Crippen LogP contribution in [0.5, 0.6) is 0 Å². The van der Waals surface area contributed by atoms with Gasteiger partial charge in [0, 0.05) is 0 Å². The van der Waals surface area contributed by atoms with Crippen molar-refractivity contribution in [2.75, 3.05) is 0 Å². The Balaban J connectivity index is 2.16. The summed E-state index contributed by atoms with van der Waals surface area (Å²) in [5, 5.41) is 5.48. The Labute approximate surface area is 111 Å². The Morgan fingerprint density at radius 1 is 1.29 bits per heavy atom. The first-order valence-corrected chi connectivity index (χ1v) is 6.99. The maximum Gasteiger partial charge on any atom is 0.134 e. The first-order valence-electron chi connectivity index (χ1n) is 4.89. The van der Waals surface area contributed by atoms with Crippen molar-refractivity contribution in [2.24, 2.45) is 4.99 Å². The second-order valence-electron chi connectivity index (χ2n) is 3.35. The van der Waals surface area contributed by atoms with E-state index in [1.165, 1.54) is 4.88 Å². The van der Waals surface area contributed by atoms with E-state index in [0.717, 1.165) is 20.9 Å². The highest BCUT2D eigenvalue weighted by molar-refractivity contribution is 7.78. The van der Waals surface area contributed by atoms with E-state index in [9.17, 15) is 0 Å². The van der Waals surface area contributed by atoms with Crippen molar-refractivity contribution in [3.63, 3.8) is 0 Å². The average molecular weight is 274 g/mol. The summed E-state index contributed by atoms with van der Waals surface area (Å²) in [6.45, 7) is 0. The Bertz CT molecular complexity index is 707. The van der Waals surface area contributed by atoms with Crippen molar-refractivity contribution < 1.29 is 0 Å². The SMILES string of the molecule is S=C=Nc1ccc2sc(-c3cccs3)nc2c1. The number of rotatable bonds is 2. The molecule has 0 bridgehead atoms. The van der Waals surface area contributed by atoms with Crippen LogP contribution in [0.2, 0.25) is 0 Å². The molecule has 2 heterocycles. The van der Waals surface area contributed by atoms with Crippen LogP contribution in [0.15, 0.2) is 40.7 Å². The fourth-order valence-corrected chi connectivity index (χ4v) is 3.39. The minimum absolute atomic E-state index is 0.801. The van der Waals surface area contributed by atoms with Gasteiger partial charge in [-0.25, -0.2) is 4.98 Å². The lowest BCUT2D eigenvalue weighted by Crippen LogP contribution is -1.69. The van der Waals surface area contributed by atoms with Crippen LogP contribution in [0.25, 0.3) is 20.1 Å². The third kappa shape index (κ3) is 2.06. The van der Waals surface area contributed by atoms with Gasteiger partial charge in [0.25, 0.3) is 0 Å². The molecule has 0 aliphatic heterocycles. The summed E-state index contributed by atoms with van der Waals surface area (Å²) in [4.78, 5) is 9.77. The Hall–Kier alpha value is -1.39. The molecule has 2 aromatic heterocycles. The molecule has 0 radical (unpaired) electrons.